The minimum Gasteiger partial charge on any atom is -0.493 e. The van der Waals surface area contributed by atoms with Gasteiger partial charge in [0.2, 0.25) is 5.91 Å². The Balaban J connectivity index is 1.27. The normalized spacial score (nSPS) is 18.8. The number of benzene rings is 3. The summed E-state index contributed by atoms with van der Waals surface area (Å²) in [6.45, 7) is 8.24. The van der Waals surface area contributed by atoms with Gasteiger partial charge in [0, 0.05) is 50.0 Å². The van der Waals surface area contributed by atoms with E-state index in [1.54, 1.807) is 4.90 Å². The summed E-state index contributed by atoms with van der Waals surface area (Å²) in [4.78, 5) is 54.5. The van der Waals surface area contributed by atoms with Crippen molar-refractivity contribution in [3.05, 3.63) is 106 Å². The zero-order valence-electron chi connectivity index (χ0n) is 30.3. The van der Waals surface area contributed by atoms with E-state index in [1.807, 2.05) is 35.2 Å². The van der Waals surface area contributed by atoms with Crippen LogP contribution in [-0.4, -0.2) is 83.5 Å². The lowest BCUT2D eigenvalue weighted by Crippen LogP contribution is -2.62. The van der Waals surface area contributed by atoms with Gasteiger partial charge < -0.3 is 29.7 Å². The Bertz CT molecular complexity index is 1800. The molecule has 2 fully saturated rings. The third-order valence-corrected chi connectivity index (χ3v) is 10.5. The number of aliphatic carboxylic acids is 1. The molecule has 274 valence electrons. The summed E-state index contributed by atoms with van der Waals surface area (Å²) in [5.74, 6) is -0.233. The molecule has 10 nitrogen and oxygen atoms in total. The maximum Gasteiger partial charge on any atom is 0.303 e. The van der Waals surface area contributed by atoms with Crippen molar-refractivity contribution >= 4 is 29.8 Å². The SMILES string of the molecule is Cc1cc(C)c(C)c(OCCc2ccc(C3=C(C(=O)N(C[C@@H](OC=O)c4ccccc4)C4CC4)[C@H]4CN(C(=O)CCCC(=O)O)C[C@@H](C3)N4)cc2)c1. The third kappa shape index (κ3) is 8.91. The Hall–Kier alpha value is -4.96. The lowest BCUT2D eigenvalue weighted by atomic mass is 9.82. The van der Waals surface area contributed by atoms with Gasteiger partial charge in [-0.3, -0.25) is 19.2 Å². The zero-order chi connectivity index (χ0) is 36.8. The second kappa shape index (κ2) is 16.6. The molecule has 3 aliphatic rings. The summed E-state index contributed by atoms with van der Waals surface area (Å²) in [6, 6.07) is 21.6. The van der Waals surface area contributed by atoms with Crippen LogP contribution in [0.1, 0.15) is 78.0 Å². The largest absolute Gasteiger partial charge is 0.493 e. The predicted molar refractivity (Wildman–Crippen MR) is 198 cm³/mol. The summed E-state index contributed by atoms with van der Waals surface area (Å²) >= 11 is 0. The molecule has 0 spiro atoms. The Labute approximate surface area is 305 Å². The topological polar surface area (TPSA) is 125 Å². The van der Waals surface area contributed by atoms with E-state index in [-0.39, 0.29) is 49.7 Å². The summed E-state index contributed by atoms with van der Waals surface area (Å²) < 4.78 is 11.7. The van der Waals surface area contributed by atoms with Crippen molar-refractivity contribution in [2.75, 3.05) is 26.2 Å². The number of ether oxygens (including phenoxy) is 2. The summed E-state index contributed by atoms with van der Waals surface area (Å²) in [6.07, 6.45) is 2.75. The summed E-state index contributed by atoms with van der Waals surface area (Å²) in [5.41, 5.74) is 8.03. The molecule has 1 aliphatic carbocycles. The maximum atomic E-state index is 14.9. The van der Waals surface area contributed by atoms with E-state index in [1.165, 1.54) is 11.1 Å². The average Bonchev–Trinajstić information content (AvgIpc) is 3.97. The van der Waals surface area contributed by atoms with Crippen molar-refractivity contribution in [2.45, 2.75) is 89.9 Å². The fourth-order valence-electron chi connectivity index (χ4n) is 7.50. The van der Waals surface area contributed by atoms with Crippen molar-refractivity contribution in [2.24, 2.45) is 0 Å². The first-order valence-electron chi connectivity index (χ1n) is 18.3. The van der Waals surface area contributed by atoms with Crippen LogP contribution in [0.2, 0.25) is 0 Å². The molecule has 2 bridgehead atoms. The molecule has 0 aromatic heterocycles. The Morgan fingerprint density at radius 2 is 1.75 bits per heavy atom. The number of carbonyl (C=O) groups excluding carboxylic acids is 3. The first-order chi connectivity index (χ1) is 25.1. The second-order valence-corrected chi connectivity index (χ2v) is 14.4. The molecule has 2 heterocycles. The average molecular weight is 708 g/mol. The van der Waals surface area contributed by atoms with Crippen LogP contribution in [0.15, 0.2) is 72.3 Å². The summed E-state index contributed by atoms with van der Waals surface area (Å²) in [7, 11) is 0. The maximum absolute atomic E-state index is 14.9. The number of carbonyl (C=O) groups is 4. The van der Waals surface area contributed by atoms with Gasteiger partial charge in [-0.2, -0.15) is 0 Å². The minimum atomic E-state index is -0.923. The van der Waals surface area contributed by atoms with Gasteiger partial charge in [0.25, 0.3) is 12.4 Å². The van der Waals surface area contributed by atoms with E-state index in [0.717, 1.165) is 52.8 Å². The zero-order valence-corrected chi connectivity index (χ0v) is 30.3. The number of nitrogens with one attached hydrogen (secondary N) is 1. The quantitative estimate of drug-likeness (QED) is 0.181. The number of hydrogen-bond acceptors (Lipinski definition) is 7. The van der Waals surface area contributed by atoms with Crippen LogP contribution < -0.4 is 10.1 Å². The Morgan fingerprint density at radius 3 is 2.44 bits per heavy atom. The minimum absolute atomic E-state index is 0.0287. The van der Waals surface area contributed by atoms with Gasteiger partial charge in [-0.05, 0) is 91.5 Å². The Kier molecular flexibility index (Phi) is 11.7. The molecular weight excluding hydrogens is 658 g/mol. The molecule has 6 rings (SSSR count). The van der Waals surface area contributed by atoms with E-state index < -0.39 is 18.1 Å². The van der Waals surface area contributed by atoms with Crippen molar-refractivity contribution in [3.63, 3.8) is 0 Å². The van der Waals surface area contributed by atoms with E-state index >= 15 is 0 Å². The van der Waals surface area contributed by atoms with Crippen LogP contribution in [0.3, 0.4) is 0 Å². The molecule has 1 saturated heterocycles. The molecule has 2 N–H and O–H groups in total. The predicted octanol–water partition coefficient (Wildman–Crippen LogP) is 5.72. The highest BCUT2D eigenvalue weighted by Gasteiger charge is 2.44. The van der Waals surface area contributed by atoms with Gasteiger partial charge in [0.05, 0.1) is 19.2 Å². The lowest BCUT2D eigenvalue weighted by Gasteiger charge is -2.45. The van der Waals surface area contributed by atoms with E-state index in [2.05, 4.69) is 62.5 Å². The van der Waals surface area contributed by atoms with Gasteiger partial charge in [0.1, 0.15) is 11.9 Å². The number of piperazine rings is 1. The number of aryl methyl sites for hydroxylation is 2. The molecule has 2 aliphatic heterocycles. The number of hydrogen-bond donors (Lipinski definition) is 2. The van der Waals surface area contributed by atoms with E-state index in [0.29, 0.717) is 38.2 Å². The number of amides is 2. The van der Waals surface area contributed by atoms with Crippen LogP contribution in [0.4, 0.5) is 0 Å². The van der Waals surface area contributed by atoms with Crippen molar-refractivity contribution in [1.82, 2.24) is 15.1 Å². The molecule has 0 radical (unpaired) electrons. The third-order valence-electron chi connectivity index (χ3n) is 10.5. The van der Waals surface area contributed by atoms with Crippen LogP contribution in [0, 0.1) is 20.8 Å². The number of rotatable bonds is 16. The molecule has 3 aromatic rings. The van der Waals surface area contributed by atoms with Gasteiger partial charge in [-0.15, -0.1) is 0 Å². The standard InChI is InChI=1S/C42H49N3O7/c1-27-20-28(2)29(3)37(21-27)51-19-18-30-12-14-31(15-13-30)35-22-33-23-44(39(47)10-7-11-40(48)49)24-36(43-33)41(35)42(50)45(34-16-17-34)25-38(52-26-46)32-8-5-4-6-9-32/h4-6,8-9,12-15,20-21,26,33-34,36,38,43H,7,10-11,16-19,22-25H2,1-3H3,(H,48,49)/t33-,36-,38-/m1/s1. The van der Waals surface area contributed by atoms with Crippen LogP contribution >= 0.6 is 0 Å². The van der Waals surface area contributed by atoms with Gasteiger partial charge >= 0.3 is 5.97 Å². The van der Waals surface area contributed by atoms with Crippen LogP contribution in [-0.2, 0) is 30.3 Å². The molecule has 1 saturated carbocycles. The van der Waals surface area contributed by atoms with Crippen LogP contribution in [0.5, 0.6) is 5.75 Å². The molecule has 52 heavy (non-hydrogen) atoms. The highest BCUT2D eigenvalue weighted by Crippen LogP contribution is 2.38. The Morgan fingerprint density at radius 1 is 1.00 bits per heavy atom. The lowest BCUT2D eigenvalue weighted by molar-refractivity contribution is -0.139. The highest BCUT2D eigenvalue weighted by molar-refractivity contribution is 6.03. The number of carboxylic acid groups (broad SMARTS) is 1. The van der Waals surface area contributed by atoms with Gasteiger partial charge in [-0.1, -0.05) is 60.7 Å². The molecule has 0 unspecified atom stereocenters. The van der Waals surface area contributed by atoms with Crippen LogP contribution in [0.25, 0.3) is 5.57 Å². The number of carboxylic acids is 1. The number of nitrogens with zero attached hydrogens (tertiary/aromatic N) is 2. The fraction of sp³-hybridized carbons (Fsp3) is 0.429. The smallest absolute Gasteiger partial charge is 0.303 e. The van der Waals surface area contributed by atoms with Crippen molar-refractivity contribution in [3.8, 4) is 5.75 Å². The van der Waals surface area contributed by atoms with Crippen molar-refractivity contribution < 1.29 is 33.8 Å². The molecule has 2 amide bonds. The first kappa shape index (κ1) is 36.8. The monoisotopic (exact) mass is 707 g/mol. The van der Waals surface area contributed by atoms with E-state index in [4.69, 9.17) is 14.6 Å². The molecule has 3 atom stereocenters. The number of fused-ring (bicyclic) bond motifs is 2. The summed E-state index contributed by atoms with van der Waals surface area (Å²) in [5, 5.41) is 12.7. The highest BCUT2D eigenvalue weighted by atomic mass is 16.5. The van der Waals surface area contributed by atoms with Gasteiger partial charge in [0.15, 0.2) is 0 Å². The first-order valence-corrected chi connectivity index (χ1v) is 18.3. The second-order valence-electron chi connectivity index (χ2n) is 14.4. The molecule has 10 heteroatoms. The van der Waals surface area contributed by atoms with Crippen molar-refractivity contribution in [1.29, 1.82) is 0 Å². The fourth-order valence-corrected chi connectivity index (χ4v) is 7.50. The molecular formula is C42H49N3O7. The van der Waals surface area contributed by atoms with Gasteiger partial charge in [-0.25, -0.2) is 0 Å². The molecule has 3 aromatic carbocycles. The van der Waals surface area contributed by atoms with E-state index in [9.17, 15) is 19.2 Å².